The van der Waals surface area contributed by atoms with E-state index in [1.165, 1.54) is 11.8 Å². The minimum Gasteiger partial charge on any atom is -0.455 e. The normalized spacial score (nSPS) is 15.3. The van der Waals surface area contributed by atoms with Crippen molar-refractivity contribution < 1.29 is 9.21 Å². The fourth-order valence-electron chi connectivity index (χ4n) is 2.27. The highest BCUT2D eigenvalue weighted by atomic mass is 32.2. The van der Waals surface area contributed by atoms with Crippen LogP contribution in [-0.2, 0) is 4.79 Å². The molecular weight excluding hydrogens is 354 g/mol. The van der Waals surface area contributed by atoms with E-state index in [1.807, 2.05) is 18.2 Å². The van der Waals surface area contributed by atoms with Crippen molar-refractivity contribution >= 4 is 51.3 Å². The van der Waals surface area contributed by atoms with Gasteiger partial charge in [-0.05, 0) is 18.2 Å². The molecule has 4 heterocycles. The Morgan fingerprint density at radius 1 is 1.24 bits per heavy atom. The van der Waals surface area contributed by atoms with Gasteiger partial charge in [-0.3, -0.25) is 14.8 Å². The number of amides is 1. The van der Waals surface area contributed by atoms with Crippen molar-refractivity contribution in [3.05, 3.63) is 64.8 Å². The number of nitrogens with zero attached hydrogens (tertiary/aromatic N) is 2. The Bertz CT molecular complexity index is 1090. The minimum atomic E-state index is -0.217. The van der Waals surface area contributed by atoms with Crippen LogP contribution in [0.25, 0.3) is 17.0 Å². The van der Waals surface area contributed by atoms with Crippen LogP contribution in [0.4, 0.5) is 0 Å². The molecular formula is C18H9N3O2S2. The van der Waals surface area contributed by atoms with E-state index in [1.54, 1.807) is 30.9 Å². The molecule has 1 aliphatic heterocycles. The summed E-state index contributed by atoms with van der Waals surface area (Å²) in [5.41, 5.74) is 2.11. The first kappa shape index (κ1) is 15.6. The van der Waals surface area contributed by atoms with Gasteiger partial charge in [-0.25, -0.2) is 0 Å². The molecule has 0 aliphatic carbocycles. The van der Waals surface area contributed by atoms with Gasteiger partial charge in [0.2, 0.25) is 0 Å². The highest BCUT2D eigenvalue weighted by molar-refractivity contribution is 8.26. The zero-order valence-corrected chi connectivity index (χ0v) is 14.3. The van der Waals surface area contributed by atoms with Crippen molar-refractivity contribution in [2.24, 2.45) is 0 Å². The molecule has 1 fully saturated rings. The predicted octanol–water partition coefficient (Wildman–Crippen LogP) is 3.11. The van der Waals surface area contributed by atoms with Gasteiger partial charge in [0.1, 0.15) is 10.1 Å². The second-order valence-corrected chi connectivity index (χ2v) is 6.82. The van der Waals surface area contributed by atoms with E-state index in [9.17, 15) is 4.79 Å². The maximum atomic E-state index is 11.8. The summed E-state index contributed by atoms with van der Waals surface area (Å²) in [5, 5.41) is 3.39. The SMILES string of the molecule is O=C1NC(=S)S/C1=C\c1cc2cncc(C#Cc3cccnc3)c2o1. The number of pyridine rings is 2. The number of hydrogen-bond acceptors (Lipinski definition) is 6. The third-order valence-electron chi connectivity index (χ3n) is 3.36. The van der Waals surface area contributed by atoms with Gasteiger partial charge in [-0.1, -0.05) is 35.8 Å². The van der Waals surface area contributed by atoms with Crippen molar-refractivity contribution in [2.75, 3.05) is 0 Å². The number of carbonyl (C=O) groups excluding carboxylic acids is 1. The van der Waals surface area contributed by atoms with Gasteiger partial charge in [0.25, 0.3) is 5.91 Å². The standard InChI is InChI=1S/C18H9N3O2S2/c22-17-15(25-18(24)21-17)7-14-6-13-10-20-9-12(16(13)23-14)4-3-11-2-1-5-19-8-11/h1-2,5-10H,(H,21,22,24)/b15-7-. The fraction of sp³-hybridized carbons (Fsp3) is 0. The molecule has 5 nitrogen and oxygen atoms in total. The lowest BCUT2D eigenvalue weighted by molar-refractivity contribution is -0.115. The van der Waals surface area contributed by atoms with Crippen LogP contribution in [0.1, 0.15) is 16.9 Å². The van der Waals surface area contributed by atoms with Gasteiger partial charge in [-0.15, -0.1) is 0 Å². The van der Waals surface area contributed by atoms with Gasteiger partial charge in [0, 0.05) is 41.8 Å². The van der Waals surface area contributed by atoms with E-state index >= 15 is 0 Å². The quantitative estimate of drug-likeness (QED) is 0.407. The average molecular weight is 363 g/mol. The molecule has 7 heteroatoms. The molecule has 120 valence electrons. The number of furan rings is 1. The molecule has 1 aliphatic rings. The van der Waals surface area contributed by atoms with E-state index < -0.39 is 0 Å². The number of fused-ring (bicyclic) bond motifs is 1. The van der Waals surface area contributed by atoms with E-state index in [0.717, 1.165) is 10.9 Å². The van der Waals surface area contributed by atoms with Gasteiger partial charge >= 0.3 is 0 Å². The first-order chi connectivity index (χ1) is 12.2. The highest BCUT2D eigenvalue weighted by Crippen LogP contribution is 2.29. The third-order valence-corrected chi connectivity index (χ3v) is 4.52. The molecule has 0 radical (unpaired) electrons. The van der Waals surface area contributed by atoms with Crippen molar-refractivity contribution in [1.29, 1.82) is 0 Å². The molecule has 0 bridgehead atoms. The van der Waals surface area contributed by atoms with Crippen molar-refractivity contribution in [3.8, 4) is 11.8 Å². The molecule has 4 rings (SSSR count). The number of thiocarbonyl (C=S) groups is 1. The Balaban J connectivity index is 1.72. The number of nitrogens with one attached hydrogen (secondary N) is 1. The monoisotopic (exact) mass is 363 g/mol. The molecule has 0 atom stereocenters. The summed E-state index contributed by atoms with van der Waals surface area (Å²) in [5.74, 6) is 6.42. The van der Waals surface area contributed by atoms with Crippen LogP contribution in [0.3, 0.4) is 0 Å². The summed E-state index contributed by atoms with van der Waals surface area (Å²) < 4.78 is 6.30. The Labute approximate surface area is 152 Å². The Morgan fingerprint density at radius 2 is 2.16 bits per heavy atom. The number of rotatable bonds is 1. The Hall–Kier alpha value is -2.95. The minimum absolute atomic E-state index is 0.217. The van der Waals surface area contributed by atoms with Crippen LogP contribution in [0.5, 0.6) is 0 Å². The second kappa shape index (κ2) is 6.51. The molecule has 0 saturated carbocycles. The summed E-state index contributed by atoms with van der Waals surface area (Å²) in [6.07, 6.45) is 8.40. The van der Waals surface area contributed by atoms with Crippen molar-refractivity contribution in [2.45, 2.75) is 0 Å². The van der Waals surface area contributed by atoms with E-state index in [0.29, 0.717) is 26.1 Å². The third kappa shape index (κ3) is 3.31. The lowest BCUT2D eigenvalue weighted by Gasteiger charge is -1.92. The number of carbonyl (C=O) groups is 1. The molecule has 1 saturated heterocycles. The largest absolute Gasteiger partial charge is 0.455 e. The zero-order valence-electron chi connectivity index (χ0n) is 12.6. The van der Waals surface area contributed by atoms with Crippen LogP contribution in [-0.4, -0.2) is 20.2 Å². The van der Waals surface area contributed by atoms with Crippen LogP contribution < -0.4 is 5.32 Å². The van der Waals surface area contributed by atoms with E-state index in [2.05, 4.69) is 27.1 Å². The summed E-state index contributed by atoms with van der Waals surface area (Å²) in [4.78, 5) is 20.5. The molecule has 0 aromatic carbocycles. The van der Waals surface area contributed by atoms with Crippen molar-refractivity contribution in [3.63, 3.8) is 0 Å². The maximum absolute atomic E-state index is 11.8. The Morgan fingerprint density at radius 3 is 2.92 bits per heavy atom. The molecule has 1 amide bonds. The number of hydrogen-bond donors (Lipinski definition) is 1. The molecule has 0 unspecified atom stereocenters. The van der Waals surface area contributed by atoms with Gasteiger partial charge in [0.15, 0.2) is 5.58 Å². The van der Waals surface area contributed by atoms with E-state index in [4.69, 9.17) is 16.6 Å². The summed E-state index contributed by atoms with van der Waals surface area (Å²) in [7, 11) is 0. The number of thioether (sulfide) groups is 1. The molecule has 1 N–H and O–H groups in total. The fourth-order valence-corrected chi connectivity index (χ4v) is 3.29. The maximum Gasteiger partial charge on any atom is 0.263 e. The summed E-state index contributed by atoms with van der Waals surface area (Å²) >= 11 is 6.19. The van der Waals surface area contributed by atoms with E-state index in [-0.39, 0.29) is 5.91 Å². The first-order valence-corrected chi connectivity index (χ1v) is 8.46. The van der Waals surface area contributed by atoms with Gasteiger partial charge in [0.05, 0.1) is 10.5 Å². The topological polar surface area (TPSA) is 68.0 Å². The van der Waals surface area contributed by atoms with Crippen LogP contribution in [0.2, 0.25) is 0 Å². The lowest BCUT2D eigenvalue weighted by atomic mass is 10.2. The molecule has 0 spiro atoms. The van der Waals surface area contributed by atoms with Crippen LogP contribution in [0.15, 0.2) is 52.3 Å². The smallest absolute Gasteiger partial charge is 0.263 e. The first-order valence-electron chi connectivity index (χ1n) is 7.23. The molecule has 25 heavy (non-hydrogen) atoms. The molecule has 3 aromatic heterocycles. The zero-order chi connectivity index (χ0) is 17.2. The summed E-state index contributed by atoms with van der Waals surface area (Å²) in [6.45, 7) is 0. The van der Waals surface area contributed by atoms with Crippen LogP contribution in [0, 0.1) is 11.8 Å². The Kier molecular flexibility index (Phi) is 4.06. The number of aromatic nitrogens is 2. The highest BCUT2D eigenvalue weighted by Gasteiger charge is 2.22. The van der Waals surface area contributed by atoms with Crippen molar-refractivity contribution in [1.82, 2.24) is 15.3 Å². The summed E-state index contributed by atoms with van der Waals surface area (Å²) in [6, 6.07) is 5.53. The molecule has 3 aromatic rings. The van der Waals surface area contributed by atoms with Gasteiger partial charge in [-0.2, -0.15) is 0 Å². The predicted molar refractivity (Wildman–Crippen MR) is 101 cm³/mol. The van der Waals surface area contributed by atoms with Crippen LogP contribution >= 0.6 is 24.0 Å². The second-order valence-electron chi connectivity index (χ2n) is 5.10. The lowest BCUT2D eigenvalue weighted by Crippen LogP contribution is -2.17. The van der Waals surface area contributed by atoms with Gasteiger partial charge < -0.3 is 9.73 Å². The average Bonchev–Trinajstić information content (AvgIpc) is 3.16.